The minimum absolute atomic E-state index is 0.292. The van der Waals surface area contributed by atoms with Gasteiger partial charge in [-0.2, -0.15) is 0 Å². The molecule has 2 aliphatic rings. The van der Waals surface area contributed by atoms with Crippen LogP contribution in [0.4, 0.5) is 0 Å². The van der Waals surface area contributed by atoms with Gasteiger partial charge in [-0.05, 0) is 27.7 Å². The summed E-state index contributed by atoms with van der Waals surface area (Å²) in [6, 6.07) is 0. The van der Waals surface area contributed by atoms with Crippen LogP contribution in [0.25, 0.3) is 0 Å². The molecule has 7 heteroatoms. The summed E-state index contributed by atoms with van der Waals surface area (Å²) in [7, 11) is 0. The Morgan fingerprint density at radius 1 is 1.00 bits per heavy atom. The zero-order valence-electron chi connectivity index (χ0n) is 13.0. The smallest absolute Gasteiger partial charge is 0.160 e. The van der Waals surface area contributed by atoms with Gasteiger partial charge in [-0.1, -0.05) is 0 Å². The van der Waals surface area contributed by atoms with Crippen molar-refractivity contribution in [3.63, 3.8) is 0 Å². The summed E-state index contributed by atoms with van der Waals surface area (Å²) in [6.07, 6.45) is -5.24. The Kier molecular flexibility index (Phi) is 4.94. The van der Waals surface area contributed by atoms with Crippen molar-refractivity contribution in [2.24, 2.45) is 5.73 Å². The molecule has 0 aliphatic carbocycles. The average molecular weight is 305 g/mol. The number of aliphatic hydroxyl groups is 3. The fourth-order valence-corrected chi connectivity index (χ4v) is 3.07. The maximum Gasteiger partial charge on any atom is 0.160 e. The van der Waals surface area contributed by atoms with Gasteiger partial charge in [0.1, 0.15) is 18.3 Å². The monoisotopic (exact) mass is 305 g/mol. The lowest BCUT2D eigenvalue weighted by Gasteiger charge is -2.46. The van der Waals surface area contributed by atoms with E-state index >= 15 is 0 Å². The van der Waals surface area contributed by atoms with Crippen molar-refractivity contribution in [3.8, 4) is 0 Å². The largest absolute Gasteiger partial charge is 0.389 e. The van der Waals surface area contributed by atoms with Crippen molar-refractivity contribution in [2.75, 3.05) is 0 Å². The van der Waals surface area contributed by atoms with Crippen molar-refractivity contribution in [3.05, 3.63) is 0 Å². The third-order valence-electron chi connectivity index (χ3n) is 4.46. The second-order valence-electron chi connectivity index (χ2n) is 6.55. The molecule has 0 saturated carbocycles. The number of hydrogen-bond acceptors (Lipinski definition) is 7. The Morgan fingerprint density at radius 3 is 2.19 bits per heavy atom. The molecule has 0 spiro atoms. The van der Waals surface area contributed by atoms with E-state index in [4.69, 9.17) is 19.9 Å². The highest BCUT2D eigenvalue weighted by Crippen LogP contribution is 2.31. The first kappa shape index (κ1) is 17.1. The maximum absolute atomic E-state index is 10.2. The zero-order chi connectivity index (χ0) is 15.9. The molecule has 2 fully saturated rings. The van der Waals surface area contributed by atoms with E-state index in [2.05, 4.69) is 0 Å². The molecule has 2 rings (SSSR count). The van der Waals surface area contributed by atoms with E-state index < -0.39 is 48.5 Å². The van der Waals surface area contributed by atoms with Gasteiger partial charge in [-0.25, -0.2) is 0 Å². The highest BCUT2D eigenvalue weighted by molar-refractivity contribution is 4.96. The van der Waals surface area contributed by atoms with Crippen LogP contribution < -0.4 is 5.73 Å². The third-order valence-corrected chi connectivity index (χ3v) is 4.46. The standard InChI is InChI=1S/C14H27NO6/c1-6-10(16)11(17)12(7(2)19-6)21-9-5-14(4,15)13(18)8(3)20-9/h6-13,16-18H,5,15H2,1-4H3/t6?,7?,8-,9-,10?,11-,12-,13+,14?/m0/s1. The van der Waals surface area contributed by atoms with Crippen LogP contribution >= 0.6 is 0 Å². The van der Waals surface area contributed by atoms with Gasteiger partial charge in [0.15, 0.2) is 6.29 Å². The van der Waals surface area contributed by atoms with Crippen LogP contribution in [-0.2, 0) is 14.2 Å². The van der Waals surface area contributed by atoms with Gasteiger partial charge in [0.2, 0.25) is 0 Å². The van der Waals surface area contributed by atoms with Crippen molar-refractivity contribution in [2.45, 2.75) is 88.7 Å². The van der Waals surface area contributed by atoms with Gasteiger partial charge in [0, 0.05) is 12.0 Å². The highest BCUT2D eigenvalue weighted by Gasteiger charge is 2.47. The Balaban J connectivity index is 2.04. The van der Waals surface area contributed by atoms with Crippen LogP contribution in [0.2, 0.25) is 0 Å². The van der Waals surface area contributed by atoms with Gasteiger partial charge < -0.3 is 35.3 Å². The first-order valence-electron chi connectivity index (χ1n) is 7.43. The molecule has 21 heavy (non-hydrogen) atoms. The van der Waals surface area contributed by atoms with Crippen molar-refractivity contribution >= 4 is 0 Å². The number of ether oxygens (including phenoxy) is 3. The fourth-order valence-electron chi connectivity index (χ4n) is 3.07. The topological polar surface area (TPSA) is 114 Å². The molecule has 0 radical (unpaired) electrons. The summed E-state index contributed by atoms with van der Waals surface area (Å²) >= 11 is 0. The molecule has 9 atom stereocenters. The van der Waals surface area contributed by atoms with E-state index in [-0.39, 0.29) is 6.10 Å². The minimum Gasteiger partial charge on any atom is -0.389 e. The van der Waals surface area contributed by atoms with E-state index in [1.165, 1.54) is 0 Å². The lowest BCUT2D eigenvalue weighted by Crippen LogP contribution is -2.63. The SMILES string of the molecule is CC1OC(C)[C@H](O[C@H]2CC(C)(N)[C@H](O)[C@H](C)O2)[C@@H](O)C1O. The highest BCUT2D eigenvalue weighted by atomic mass is 16.7. The Morgan fingerprint density at radius 2 is 1.62 bits per heavy atom. The van der Waals surface area contributed by atoms with Gasteiger partial charge in [0.25, 0.3) is 0 Å². The van der Waals surface area contributed by atoms with Gasteiger partial charge in [-0.15, -0.1) is 0 Å². The second-order valence-corrected chi connectivity index (χ2v) is 6.55. The molecule has 2 saturated heterocycles. The minimum atomic E-state index is -1.06. The molecule has 2 heterocycles. The fraction of sp³-hybridized carbons (Fsp3) is 1.00. The van der Waals surface area contributed by atoms with Gasteiger partial charge >= 0.3 is 0 Å². The van der Waals surface area contributed by atoms with Gasteiger partial charge in [-0.3, -0.25) is 0 Å². The molecule has 0 amide bonds. The molecule has 7 nitrogen and oxygen atoms in total. The van der Waals surface area contributed by atoms with E-state index in [9.17, 15) is 15.3 Å². The van der Waals surface area contributed by atoms with Crippen LogP contribution in [-0.4, -0.2) is 69.9 Å². The number of rotatable bonds is 2. The predicted octanol–water partition coefficient (Wildman–Crippen LogP) is -0.886. The zero-order valence-corrected chi connectivity index (χ0v) is 13.0. The first-order valence-corrected chi connectivity index (χ1v) is 7.43. The average Bonchev–Trinajstić information content (AvgIpc) is 2.38. The molecular weight excluding hydrogens is 278 g/mol. The molecule has 0 aromatic carbocycles. The summed E-state index contributed by atoms with van der Waals surface area (Å²) in [5.41, 5.74) is 5.24. The van der Waals surface area contributed by atoms with E-state index in [0.29, 0.717) is 6.42 Å². The number of aliphatic hydroxyl groups excluding tert-OH is 3. The molecule has 2 aliphatic heterocycles. The summed E-state index contributed by atoms with van der Waals surface area (Å²) in [4.78, 5) is 0. The Bertz CT molecular complexity index is 365. The predicted molar refractivity (Wildman–Crippen MR) is 74.4 cm³/mol. The molecule has 0 aromatic rings. The number of nitrogens with two attached hydrogens (primary N) is 1. The molecule has 0 bridgehead atoms. The lowest BCUT2D eigenvalue weighted by atomic mass is 9.86. The summed E-state index contributed by atoms with van der Waals surface area (Å²) in [6.45, 7) is 6.94. The third kappa shape index (κ3) is 3.39. The van der Waals surface area contributed by atoms with E-state index in [0.717, 1.165) is 0 Å². The van der Waals surface area contributed by atoms with Crippen LogP contribution in [0.15, 0.2) is 0 Å². The second kappa shape index (κ2) is 6.08. The van der Waals surface area contributed by atoms with E-state index in [1.54, 1.807) is 27.7 Å². The molecular formula is C14H27NO6. The maximum atomic E-state index is 10.2. The van der Waals surface area contributed by atoms with Crippen molar-refractivity contribution < 1.29 is 29.5 Å². The van der Waals surface area contributed by atoms with Crippen molar-refractivity contribution in [1.29, 1.82) is 0 Å². The quantitative estimate of drug-likeness (QED) is 0.523. The van der Waals surface area contributed by atoms with E-state index in [1.807, 2.05) is 0 Å². The molecule has 0 aromatic heterocycles. The van der Waals surface area contributed by atoms with Crippen LogP contribution in [0.3, 0.4) is 0 Å². The molecule has 4 unspecified atom stereocenters. The normalized spacial score (nSPS) is 55.4. The van der Waals surface area contributed by atoms with Crippen LogP contribution in [0, 0.1) is 0 Å². The van der Waals surface area contributed by atoms with Gasteiger partial charge in [0.05, 0.1) is 24.4 Å². The Hall–Kier alpha value is -0.280. The molecule has 124 valence electrons. The summed E-state index contributed by atoms with van der Waals surface area (Å²) in [5, 5.41) is 30.1. The summed E-state index contributed by atoms with van der Waals surface area (Å²) in [5.74, 6) is 0. The molecule has 5 N–H and O–H groups in total. The number of hydrogen-bond donors (Lipinski definition) is 4. The van der Waals surface area contributed by atoms with Crippen LogP contribution in [0.5, 0.6) is 0 Å². The Labute approximate surface area is 125 Å². The lowest BCUT2D eigenvalue weighted by molar-refractivity contribution is -0.301. The first-order chi connectivity index (χ1) is 9.63. The van der Waals surface area contributed by atoms with Crippen LogP contribution in [0.1, 0.15) is 34.1 Å². The van der Waals surface area contributed by atoms with Crippen molar-refractivity contribution in [1.82, 2.24) is 0 Å². The summed E-state index contributed by atoms with van der Waals surface area (Å²) < 4.78 is 16.9.